The third-order valence-corrected chi connectivity index (χ3v) is 3.66. The average Bonchev–Trinajstić information content (AvgIpc) is 2.29. The van der Waals surface area contributed by atoms with Gasteiger partial charge in [0, 0.05) is 6.54 Å². The second-order valence-corrected chi connectivity index (χ2v) is 7.42. The molecule has 0 radical (unpaired) electrons. The molecule has 0 aromatic carbocycles. The predicted molar refractivity (Wildman–Crippen MR) is 88.4 cm³/mol. The van der Waals surface area contributed by atoms with Gasteiger partial charge in [-0.2, -0.15) is 11.8 Å². The minimum Gasteiger partial charge on any atom is -0.444 e. The quantitative estimate of drug-likeness (QED) is 0.643. The number of hydrogen-bond acceptors (Lipinski definition) is 4. The van der Waals surface area contributed by atoms with E-state index in [1.807, 2.05) is 32.5 Å². The molecule has 120 valence electrons. The van der Waals surface area contributed by atoms with Crippen LogP contribution >= 0.6 is 11.8 Å². The van der Waals surface area contributed by atoms with Crippen LogP contribution in [0.5, 0.6) is 0 Å². The van der Waals surface area contributed by atoms with E-state index >= 15 is 0 Å². The zero-order valence-electron chi connectivity index (χ0n) is 13.9. The van der Waals surface area contributed by atoms with Gasteiger partial charge in [-0.1, -0.05) is 13.8 Å². The highest BCUT2D eigenvalue weighted by atomic mass is 32.2. The first-order valence-corrected chi connectivity index (χ1v) is 8.82. The zero-order valence-corrected chi connectivity index (χ0v) is 14.7. The van der Waals surface area contributed by atoms with E-state index in [1.54, 1.807) is 0 Å². The number of amides is 1. The van der Waals surface area contributed by atoms with E-state index in [-0.39, 0.29) is 6.09 Å². The van der Waals surface area contributed by atoms with Crippen LogP contribution in [0, 0.1) is 11.8 Å². The second kappa shape index (κ2) is 10.3. The Kier molecular flexibility index (Phi) is 10.1. The fraction of sp³-hybridized carbons (Fsp3) is 0.933. The highest BCUT2D eigenvalue weighted by Gasteiger charge is 2.18. The van der Waals surface area contributed by atoms with Crippen LogP contribution in [0.2, 0.25) is 0 Å². The van der Waals surface area contributed by atoms with Gasteiger partial charge < -0.3 is 15.4 Å². The fourth-order valence-corrected chi connectivity index (χ4v) is 2.13. The summed E-state index contributed by atoms with van der Waals surface area (Å²) in [6.07, 6.45) is 2.98. The van der Waals surface area contributed by atoms with Crippen molar-refractivity contribution in [2.75, 3.05) is 31.6 Å². The minimum atomic E-state index is -0.437. The zero-order chi connectivity index (χ0) is 15.6. The molecular weight excluding hydrogens is 272 g/mol. The Labute approximate surface area is 128 Å². The molecule has 0 aromatic rings. The molecule has 0 saturated carbocycles. The van der Waals surface area contributed by atoms with Crippen LogP contribution in [-0.4, -0.2) is 43.3 Å². The summed E-state index contributed by atoms with van der Waals surface area (Å²) in [6, 6.07) is 0. The Balaban J connectivity index is 3.94. The van der Waals surface area contributed by atoms with Gasteiger partial charge in [-0.25, -0.2) is 4.79 Å². The topological polar surface area (TPSA) is 50.4 Å². The number of rotatable bonds is 9. The van der Waals surface area contributed by atoms with E-state index in [0.717, 1.165) is 13.1 Å². The maximum atomic E-state index is 11.6. The molecule has 1 atom stereocenters. The maximum Gasteiger partial charge on any atom is 0.407 e. The molecule has 20 heavy (non-hydrogen) atoms. The Morgan fingerprint density at radius 3 is 2.40 bits per heavy atom. The lowest BCUT2D eigenvalue weighted by atomic mass is 9.96. The molecule has 0 bridgehead atoms. The molecule has 4 nitrogen and oxygen atoms in total. The molecule has 0 aliphatic rings. The van der Waals surface area contributed by atoms with Crippen molar-refractivity contribution in [3.05, 3.63) is 0 Å². The Morgan fingerprint density at radius 1 is 1.25 bits per heavy atom. The maximum absolute atomic E-state index is 11.6. The lowest BCUT2D eigenvalue weighted by molar-refractivity contribution is 0.0515. The van der Waals surface area contributed by atoms with Crippen molar-refractivity contribution in [3.63, 3.8) is 0 Å². The van der Waals surface area contributed by atoms with E-state index in [9.17, 15) is 4.79 Å². The van der Waals surface area contributed by atoms with Crippen molar-refractivity contribution < 1.29 is 9.53 Å². The first-order chi connectivity index (χ1) is 9.26. The van der Waals surface area contributed by atoms with Gasteiger partial charge in [-0.05, 0) is 64.1 Å². The van der Waals surface area contributed by atoms with Gasteiger partial charge in [0.25, 0.3) is 0 Å². The van der Waals surface area contributed by atoms with Crippen LogP contribution in [-0.2, 0) is 4.74 Å². The largest absolute Gasteiger partial charge is 0.444 e. The highest BCUT2D eigenvalue weighted by Crippen LogP contribution is 2.10. The Morgan fingerprint density at radius 2 is 1.90 bits per heavy atom. The molecule has 0 heterocycles. The Bertz CT molecular complexity index is 265. The van der Waals surface area contributed by atoms with Crippen molar-refractivity contribution in [1.82, 2.24) is 10.6 Å². The highest BCUT2D eigenvalue weighted by molar-refractivity contribution is 7.98. The lowest BCUT2D eigenvalue weighted by Crippen LogP contribution is -2.39. The van der Waals surface area contributed by atoms with Gasteiger partial charge in [0.15, 0.2) is 0 Å². The van der Waals surface area contributed by atoms with Crippen LogP contribution in [0.1, 0.15) is 41.0 Å². The van der Waals surface area contributed by atoms with Crippen molar-refractivity contribution in [1.29, 1.82) is 0 Å². The SMILES string of the molecule is CSCCCNCC(CNC(=O)OC(C)(C)C)C(C)C. The molecule has 1 unspecified atom stereocenters. The number of thioether (sulfide) groups is 1. The number of nitrogens with one attached hydrogen (secondary N) is 2. The van der Waals surface area contributed by atoms with Crippen LogP contribution in [0.15, 0.2) is 0 Å². The summed E-state index contributed by atoms with van der Waals surface area (Å²) in [4.78, 5) is 11.6. The summed E-state index contributed by atoms with van der Waals surface area (Å²) in [5.74, 6) is 2.14. The summed E-state index contributed by atoms with van der Waals surface area (Å²) in [5.41, 5.74) is -0.437. The number of hydrogen-bond donors (Lipinski definition) is 2. The smallest absolute Gasteiger partial charge is 0.407 e. The van der Waals surface area contributed by atoms with Gasteiger partial charge in [-0.3, -0.25) is 0 Å². The van der Waals surface area contributed by atoms with Gasteiger partial charge in [0.1, 0.15) is 5.60 Å². The predicted octanol–water partition coefficient (Wildman–Crippen LogP) is 3.13. The summed E-state index contributed by atoms with van der Waals surface area (Å²) in [5, 5.41) is 6.34. The van der Waals surface area contributed by atoms with E-state index in [1.165, 1.54) is 12.2 Å². The minimum absolute atomic E-state index is 0.328. The van der Waals surface area contributed by atoms with Gasteiger partial charge in [-0.15, -0.1) is 0 Å². The third kappa shape index (κ3) is 11.4. The van der Waals surface area contributed by atoms with Crippen molar-refractivity contribution >= 4 is 17.9 Å². The number of carbonyl (C=O) groups is 1. The summed E-state index contributed by atoms with van der Waals surface area (Å²) >= 11 is 1.87. The van der Waals surface area contributed by atoms with Crippen LogP contribution < -0.4 is 10.6 Å². The second-order valence-electron chi connectivity index (χ2n) is 6.44. The standard InChI is InChI=1S/C15H32N2O2S/c1-12(2)13(10-16-8-7-9-20-6)11-17-14(18)19-15(3,4)5/h12-13,16H,7-11H2,1-6H3,(H,17,18). The molecule has 0 fully saturated rings. The summed E-state index contributed by atoms with van der Waals surface area (Å²) in [7, 11) is 0. The van der Waals surface area contributed by atoms with Crippen molar-refractivity contribution in [2.45, 2.75) is 46.6 Å². The van der Waals surface area contributed by atoms with E-state index in [0.29, 0.717) is 18.4 Å². The Hall–Kier alpha value is -0.420. The van der Waals surface area contributed by atoms with E-state index < -0.39 is 5.60 Å². The van der Waals surface area contributed by atoms with Crippen LogP contribution in [0.4, 0.5) is 4.79 Å². The molecule has 0 aliphatic heterocycles. The normalized spacial score (nSPS) is 13.3. The number of ether oxygens (including phenoxy) is 1. The molecule has 0 aliphatic carbocycles. The molecule has 1 amide bonds. The first kappa shape index (κ1) is 19.6. The summed E-state index contributed by atoms with van der Waals surface area (Å²) in [6.45, 7) is 12.6. The number of carbonyl (C=O) groups excluding carboxylic acids is 1. The molecule has 0 saturated heterocycles. The van der Waals surface area contributed by atoms with Crippen molar-refractivity contribution in [3.8, 4) is 0 Å². The molecule has 0 rings (SSSR count). The monoisotopic (exact) mass is 304 g/mol. The number of alkyl carbamates (subject to hydrolysis) is 1. The van der Waals surface area contributed by atoms with Crippen LogP contribution in [0.25, 0.3) is 0 Å². The van der Waals surface area contributed by atoms with E-state index in [2.05, 4.69) is 30.7 Å². The molecule has 0 spiro atoms. The third-order valence-electron chi connectivity index (χ3n) is 2.96. The van der Waals surface area contributed by atoms with Crippen LogP contribution in [0.3, 0.4) is 0 Å². The molecular formula is C15H32N2O2S. The van der Waals surface area contributed by atoms with Gasteiger partial charge in [0.05, 0.1) is 0 Å². The fourth-order valence-electron chi connectivity index (χ4n) is 1.70. The van der Waals surface area contributed by atoms with Gasteiger partial charge in [0.2, 0.25) is 0 Å². The average molecular weight is 305 g/mol. The molecule has 2 N–H and O–H groups in total. The van der Waals surface area contributed by atoms with Gasteiger partial charge >= 0.3 is 6.09 Å². The molecule has 0 aromatic heterocycles. The molecule has 5 heteroatoms. The first-order valence-electron chi connectivity index (χ1n) is 7.42. The van der Waals surface area contributed by atoms with E-state index in [4.69, 9.17) is 4.74 Å². The van der Waals surface area contributed by atoms with Crippen molar-refractivity contribution in [2.24, 2.45) is 11.8 Å². The lowest BCUT2D eigenvalue weighted by Gasteiger charge is -2.24. The summed E-state index contributed by atoms with van der Waals surface area (Å²) < 4.78 is 5.25.